The summed E-state index contributed by atoms with van der Waals surface area (Å²) in [4.78, 5) is 24.7. The van der Waals surface area contributed by atoms with Crippen LogP contribution < -0.4 is 14.8 Å². The van der Waals surface area contributed by atoms with E-state index in [1.807, 2.05) is 26.8 Å². The molecule has 0 aliphatic carbocycles. The van der Waals surface area contributed by atoms with Crippen molar-refractivity contribution in [3.8, 4) is 5.88 Å². The zero-order chi connectivity index (χ0) is 28.4. The Bertz CT molecular complexity index is 1430. The van der Waals surface area contributed by atoms with E-state index in [1.165, 1.54) is 12.1 Å². The van der Waals surface area contributed by atoms with Gasteiger partial charge in [0.2, 0.25) is 11.8 Å². The molecule has 2 N–H and O–H groups in total. The average Bonchev–Trinajstić information content (AvgIpc) is 2.87. The van der Waals surface area contributed by atoms with Gasteiger partial charge < -0.3 is 15.0 Å². The Kier molecular flexibility index (Phi) is 8.27. The molecular weight excluding hydrogens is 514 g/mol. The Morgan fingerprint density at radius 2 is 1.87 bits per heavy atom. The maximum Gasteiger partial charge on any atom is 0.264 e. The van der Waals surface area contributed by atoms with E-state index < -0.39 is 15.6 Å². The van der Waals surface area contributed by atoms with Crippen LogP contribution in [0, 0.1) is 0 Å². The molecule has 1 amide bonds. The number of carbonyl (C=O) groups excluding carboxylic acids is 1. The van der Waals surface area contributed by atoms with Crippen molar-refractivity contribution in [2.75, 3.05) is 24.4 Å². The number of hydrogen-bond acceptors (Lipinski definition) is 7. The van der Waals surface area contributed by atoms with Crippen molar-refractivity contribution in [3.05, 3.63) is 71.5 Å². The van der Waals surface area contributed by atoms with Gasteiger partial charge in [0.1, 0.15) is 6.61 Å². The first-order chi connectivity index (χ1) is 18.4. The fraction of sp³-hybridized carbons (Fsp3) is 0.414. The van der Waals surface area contributed by atoms with Crippen LogP contribution in [0.3, 0.4) is 0 Å². The summed E-state index contributed by atoms with van der Waals surface area (Å²) in [7, 11) is -4.09. The van der Waals surface area contributed by atoms with E-state index in [-0.39, 0.29) is 34.8 Å². The topological polar surface area (TPSA) is 114 Å². The Morgan fingerprint density at radius 3 is 2.51 bits per heavy atom. The van der Waals surface area contributed by atoms with Crippen LogP contribution in [0.5, 0.6) is 5.88 Å². The summed E-state index contributed by atoms with van der Waals surface area (Å²) >= 11 is 0. The van der Waals surface area contributed by atoms with E-state index in [9.17, 15) is 13.2 Å². The number of anilines is 1. The number of ether oxygens (including phenoxy) is 1. The number of piperidine rings is 1. The minimum atomic E-state index is -4.09. The predicted octanol–water partition coefficient (Wildman–Crippen LogP) is 4.57. The molecule has 4 rings (SSSR count). The van der Waals surface area contributed by atoms with Gasteiger partial charge in [-0.2, -0.15) is 4.98 Å². The number of benzene rings is 1. The van der Waals surface area contributed by atoms with Crippen LogP contribution >= 0.6 is 0 Å². The smallest absolute Gasteiger partial charge is 0.264 e. The highest BCUT2D eigenvalue weighted by Crippen LogP contribution is 2.31. The third kappa shape index (κ3) is 6.39. The average molecular weight is 552 g/mol. The van der Waals surface area contributed by atoms with Crippen LogP contribution in [0.4, 0.5) is 5.95 Å². The van der Waals surface area contributed by atoms with E-state index in [4.69, 9.17) is 4.74 Å². The van der Waals surface area contributed by atoms with E-state index in [2.05, 4.69) is 45.3 Å². The molecule has 1 aromatic carbocycles. The standard InChI is InChI=1S/C29H37N5O4S/c1-7-9-21(6)26(19(2)3)24-17-25-31-28(30-24)33-39(36,37)23-11-8-10-22(16-23)27(35)32-29(18-38-25)12-14-34(15-13-29)20(4)5/h7-11,16-17,20H,1,12-15,18H2,2-6H3,(H,32,35)(H,30,31,33)/b21-9-. The van der Waals surface area contributed by atoms with Crippen LogP contribution in [0.1, 0.15) is 63.5 Å². The predicted molar refractivity (Wildman–Crippen MR) is 153 cm³/mol. The number of allylic oxidation sites excluding steroid dienone is 5. The molecule has 0 unspecified atom stereocenters. The third-order valence-electron chi connectivity index (χ3n) is 7.21. The minimum Gasteiger partial charge on any atom is -0.475 e. The monoisotopic (exact) mass is 551 g/mol. The first kappa shape index (κ1) is 28.5. The van der Waals surface area contributed by atoms with Crippen molar-refractivity contribution >= 4 is 27.5 Å². The van der Waals surface area contributed by atoms with Crippen LogP contribution in [0.2, 0.25) is 0 Å². The molecular formula is C29H37N5O4S. The fourth-order valence-electron chi connectivity index (χ4n) is 5.07. The quantitative estimate of drug-likeness (QED) is 0.535. The molecule has 1 fully saturated rings. The van der Waals surface area contributed by atoms with Gasteiger partial charge >= 0.3 is 0 Å². The summed E-state index contributed by atoms with van der Waals surface area (Å²) < 4.78 is 35.4. The number of carbonyl (C=O) groups is 1. The van der Waals surface area contributed by atoms with E-state index in [0.29, 0.717) is 24.6 Å². The molecule has 0 atom stereocenters. The molecule has 0 radical (unpaired) electrons. The van der Waals surface area contributed by atoms with Gasteiger partial charge in [0.05, 0.1) is 16.1 Å². The molecule has 1 aromatic heterocycles. The first-order valence-electron chi connectivity index (χ1n) is 13.1. The molecule has 3 heterocycles. The first-order valence-corrected chi connectivity index (χ1v) is 14.6. The maximum atomic E-state index is 13.4. The van der Waals surface area contributed by atoms with Gasteiger partial charge in [0.25, 0.3) is 15.9 Å². The lowest BCUT2D eigenvalue weighted by Gasteiger charge is -2.43. The van der Waals surface area contributed by atoms with E-state index in [0.717, 1.165) is 29.8 Å². The summed E-state index contributed by atoms with van der Waals surface area (Å²) in [6, 6.07) is 8.07. The zero-order valence-corrected chi connectivity index (χ0v) is 24.1. The lowest BCUT2D eigenvalue weighted by molar-refractivity contribution is 0.0590. The molecule has 1 saturated heterocycles. The molecule has 2 aromatic rings. The molecule has 4 bridgehead atoms. The van der Waals surface area contributed by atoms with Gasteiger partial charge in [0.15, 0.2) is 0 Å². The highest BCUT2D eigenvalue weighted by Gasteiger charge is 2.38. The number of likely N-dealkylation sites (tertiary alicyclic amines) is 1. The van der Waals surface area contributed by atoms with Crippen molar-refractivity contribution in [2.45, 2.75) is 63.9 Å². The van der Waals surface area contributed by atoms with Crippen molar-refractivity contribution < 1.29 is 17.9 Å². The molecule has 0 saturated carbocycles. The second-order valence-corrected chi connectivity index (χ2v) is 12.3. The normalized spacial score (nSPS) is 19.0. The van der Waals surface area contributed by atoms with Gasteiger partial charge in [-0.3, -0.25) is 4.79 Å². The Morgan fingerprint density at radius 1 is 1.15 bits per heavy atom. The second kappa shape index (κ2) is 11.3. The molecule has 9 nitrogen and oxygen atoms in total. The van der Waals surface area contributed by atoms with E-state index in [1.54, 1.807) is 24.3 Å². The lowest BCUT2D eigenvalue weighted by atomic mass is 9.87. The van der Waals surface area contributed by atoms with Gasteiger partial charge in [-0.25, -0.2) is 18.1 Å². The number of hydrogen-bond donors (Lipinski definition) is 2. The number of rotatable bonds is 4. The molecule has 2 aliphatic heterocycles. The van der Waals surface area contributed by atoms with Crippen LogP contribution in [-0.4, -0.2) is 60.5 Å². The van der Waals surface area contributed by atoms with Crippen LogP contribution in [0.15, 0.2) is 65.1 Å². The summed E-state index contributed by atoms with van der Waals surface area (Å²) in [6.07, 6.45) is 4.92. The largest absolute Gasteiger partial charge is 0.475 e. The molecule has 2 aliphatic rings. The fourth-order valence-corrected chi connectivity index (χ4v) is 6.06. The molecule has 1 spiro atoms. The molecule has 208 valence electrons. The summed E-state index contributed by atoms with van der Waals surface area (Å²) in [6.45, 7) is 15.7. The third-order valence-corrected chi connectivity index (χ3v) is 8.54. The van der Waals surface area contributed by atoms with Crippen molar-refractivity contribution in [3.63, 3.8) is 0 Å². The Hall–Kier alpha value is -3.50. The highest BCUT2D eigenvalue weighted by molar-refractivity contribution is 7.92. The maximum absolute atomic E-state index is 13.4. The van der Waals surface area contributed by atoms with Gasteiger partial charge in [-0.1, -0.05) is 30.4 Å². The summed E-state index contributed by atoms with van der Waals surface area (Å²) in [5.41, 5.74) is 2.86. The molecule has 39 heavy (non-hydrogen) atoms. The summed E-state index contributed by atoms with van der Waals surface area (Å²) in [5.74, 6) is -0.239. The second-order valence-electron chi connectivity index (χ2n) is 10.7. The number of amides is 1. The van der Waals surface area contributed by atoms with Crippen molar-refractivity contribution in [1.29, 1.82) is 0 Å². The molecule has 10 heteroatoms. The van der Waals surface area contributed by atoms with Crippen LogP contribution in [0.25, 0.3) is 5.57 Å². The summed E-state index contributed by atoms with van der Waals surface area (Å²) in [5, 5.41) is 3.19. The highest BCUT2D eigenvalue weighted by atomic mass is 32.2. The number of nitrogens with one attached hydrogen (secondary N) is 2. The number of sulfonamides is 1. The van der Waals surface area contributed by atoms with Gasteiger partial charge in [-0.15, -0.1) is 0 Å². The minimum absolute atomic E-state index is 0.0558. The number of fused-ring (bicyclic) bond motifs is 4. The zero-order valence-electron chi connectivity index (χ0n) is 23.2. The van der Waals surface area contributed by atoms with Gasteiger partial charge in [-0.05, 0) is 71.2 Å². The number of aromatic nitrogens is 2. The van der Waals surface area contributed by atoms with E-state index >= 15 is 0 Å². The Labute approximate surface area is 231 Å². The van der Waals surface area contributed by atoms with Crippen LogP contribution in [-0.2, 0) is 10.0 Å². The SMILES string of the molecule is C=C/C=C(/C)C(=C(C)C)c1cc2nc(n1)NS(=O)(=O)c1cccc(c1)C(=O)NC1(CCN(C(C)C)CC1)CO2. The Balaban J connectivity index is 1.85. The van der Waals surface area contributed by atoms with Crippen molar-refractivity contribution in [2.24, 2.45) is 0 Å². The number of nitrogens with zero attached hydrogens (tertiary/aromatic N) is 3. The lowest BCUT2D eigenvalue weighted by Crippen LogP contribution is -2.59. The van der Waals surface area contributed by atoms with Gasteiger partial charge in [0, 0.05) is 36.3 Å². The van der Waals surface area contributed by atoms with Crippen molar-refractivity contribution in [1.82, 2.24) is 20.2 Å².